The maximum atomic E-state index is 11.8. The van der Waals surface area contributed by atoms with Crippen LogP contribution in [-0.4, -0.2) is 36.0 Å². The van der Waals surface area contributed by atoms with Crippen molar-refractivity contribution < 1.29 is 9.59 Å². The molecule has 5 heteroatoms. The number of likely N-dealkylation sites (tertiary alicyclic amines) is 1. The number of rotatable bonds is 4. The zero-order chi connectivity index (χ0) is 13.7. The standard InChI is InChI=1S/C14H19N3O2/c15-14(19)17-9-8-12(10-17)16-13(18)7-6-11-4-2-1-3-5-11/h1-5,12H,6-10H2,(H2,15,19)(H,16,18). The van der Waals surface area contributed by atoms with E-state index in [4.69, 9.17) is 5.73 Å². The van der Waals surface area contributed by atoms with Gasteiger partial charge >= 0.3 is 6.03 Å². The molecule has 1 heterocycles. The molecule has 1 aromatic carbocycles. The minimum absolute atomic E-state index is 0.0279. The number of urea groups is 1. The van der Waals surface area contributed by atoms with Gasteiger partial charge in [0, 0.05) is 25.6 Å². The highest BCUT2D eigenvalue weighted by Gasteiger charge is 2.25. The van der Waals surface area contributed by atoms with E-state index in [1.165, 1.54) is 0 Å². The summed E-state index contributed by atoms with van der Waals surface area (Å²) >= 11 is 0. The molecule has 0 spiro atoms. The van der Waals surface area contributed by atoms with Gasteiger partial charge in [-0.05, 0) is 18.4 Å². The predicted octanol–water partition coefficient (Wildman–Crippen LogP) is 0.888. The van der Waals surface area contributed by atoms with Gasteiger partial charge < -0.3 is 16.0 Å². The zero-order valence-electron chi connectivity index (χ0n) is 10.8. The Bertz CT molecular complexity index is 447. The summed E-state index contributed by atoms with van der Waals surface area (Å²) in [7, 11) is 0. The Morgan fingerprint density at radius 1 is 1.32 bits per heavy atom. The molecule has 0 aromatic heterocycles. The van der Waals surface area contributed by atoms with Crippen LogP contribution in [0.3, 0.4) is 0 Å². The summed E-state index contributed by atoms with van der Waals surface area (Å²) < 4.78 is 0. The third kappa shape index (κ3) is 3.98. The zero-order valence-corrected chi connectivity index (χ0v) is 10.8. The number of amides is 3. The first-order chi connectivity index (χ1) is 9.15. The minimum atomic E-state index is -0.416. The summed E-state index contributed by atoms with van der Waals surface area (Å²) in [5.41, 5.74) is 6.36. The Morgan fingerprint density at radius 3 is 2.68 bits per heavy atom. The number of nitrogens with zero attached hydrogens (tertiary/aromatic N) is 1. The monoisotopic (exact) mass is 261 g/mol. The Morgan fingerprint density at radius 2 is 2.05 bits per heavy atom. The molecule has 3 amide bonds. The van der Waals surface area contributed by atoms with Gasteiger partial charge in [-0.15, -0.1) is 0 Å². The Balaban J connectivity index is 1.72. The van der Waals surface area contributed by atoms with Gasteiger partial charge in [0.05, 0.1) is 0 Å². The smallest absolute Gasteiger partial charge is 0.314 e. The molecule has 1 aliphatic rings. The van der Waals surface area contributed by atoms with Crippen molar-refractivity contribution in [2.45, 2.75) is 25.3 Å². The molecule has 2 rings (SSSR count). The SMILES string of the molecule is NC(=O)N1CCC(NC(=O)CCc2ccccc2)C1. The van der Waals surface area contributed by atoms with E-state index in [1.54, 1.807) is 4.90 Å². The van der Waals surface area contributed by atoms with Crippen molar-refractivity contribution >= 4 is 11.9 Å². The molecule has 0 bridgehead atoms. The number of nitrogens with one attached hydrogen (secondary N) is 1. The molecule has 1 saturated heterocycles. The highest BCUT2D eigenvalue weighted by Crippen LogP contribution is 2.09. The fourth-order valence-electron chi connectivity index (χ4n) is 2.28. The molecular weight excluding hydrogens is 242 g/mol. The number of hydrogen-bond acceptors (Lipinski definition) is 2. The van der Waals surface area contributed by atoms with Crippen LogP contribution in [0, 0.1) is 0 Å². The van der Waals surface area contributed by atoms with Crippen molar-refractivity contribution in [3.63, 3.8) is 0 Å². The molecule has 0 aliphatic carbocycles. The first-order valence-corrected chi connectivity index (χ1v) is 6.53. The van der Waals surface area contributed by atoms with E-state index >= 15 is 0 Å². The predicted molar refractivity (Wildman–Crippen MR) is 72.5 cm³/mol. The first-order valence-electron chi connectivity index (χ1n) is 6.53. The van der Waals surface area contributed by atoms with Crippen molar-refractivity contribution in [1.82, 2.24) is 10.2 Å². The highest BCUT2D eigenvalue weighted by molar-refractivity contribution is 5.77. The fraction of sp³-hybridized carbons (Fsp3) is 0.429. The molecule has 102 valence electrons. The number of aryl methyl sites for hydroxylation is 1. The molecule has 0 radical (unpaired) electrons. The van der Waals surface area contributed by atoms with Crippen LogP contribution in [0.25, 0.3) is 0 Å². The lowest BCUT2D eigenvalue weighted by Gasteiger charge is -2.14. The first kappa shape index (κ1) is 13.4. The van der Waals surface area contributed by atoms with Crippen LogP contribution >= 0.6 is 0 Å². The number of benzene rings is 1. The van der Waals surface area contributed by atoms with Crippen LogP contribution in [0.5, 0.6) is 0 Å². The van der Waals surface area contributed by atoms with E-state index in [2.05, 4.69) is 5.32 Å². The van der Waals surface area contributed by atoms with E-state index in [9.17, 15) is 9.59 Å². The summed E-state index contributed by atoms with van der Waals surface area (Å²) in [6.45, 7) is 1.14. The van der Waals surface area contributed by atoms with Crippen molar-refractivity contribution in [2.75, 3.05) is 13.1 Å². The molecule has 1 unspecified atom stereocenters. The maximum Gasteiger partial charge on any atom is 0.314 e. The Hall–Kier alpha value is -2.04. The van der Waals surface area contributed by atoms with Gasteiger partial charge in [-0.25, -0.2) is 4.79 Å². The number of carbonyl (C=O) groups is 2. The second kappa shape index (κ2) is 6.22. The van der Waals surface area contributed by atoms with E-state index < -0.39 is 6.03 Å². The molecular formula is C14H19N3O2. The van der Waals surface area contributed by atoms with Crippen LogP contribution < -0.4 is 11.1 Å². The summed E-state index contributed by atoms with van der Waals surface area (Å²) in [4.78, 5) is 24.3. The number of nitrogens with two attached hydrogens (primary N) is 1. The van der Waals surface area contributed by atoms with E-state index in [1.807, 2.05) is 30.3 Å². The maximum absolute atomic E-state index is 11.8. The average molecular weight is 261 g/mol. The molecule has 3 N–H and O–H groups in total. The van der Waals surface area contributed by atoms with Gasteiger partial charge in [0.1, 0.15) is 0 Å². The summed E-state index contributed by atoms with van der Waals surface area (Å²) in [6.07, 6.45) is 1.98. The molecule has 0 saturated carbocycles. The van der Waals surface area contributed by atoms with Gasteiger partial charge in [-0.2, -0.15) is 0 Å². The third-order valence-corrected chi connectivity index (χ3v) is 3.35. The molecule has 5 nitrogen and oxygen atoms in total. The Kier molecular flexibility index (Phi) is 4.39. The van der Waals surface area contributed by atoms with Gasteiger partial charge in [0.2, 0.25) is 5.91 Å². The lowest BCUT2D eigenvalue weighted by Crippen LogP contribution is -2.40. The van der Waals surface area contributed by atoms with Gasteiger partial charge in [-0.3, -0.25) is 4.79 Å². The van der Waals surface area contributed by atoms with Crippen LogP contribution in [-0.2, 0) is 11.2 Å². The van der Waals surface area contributed by atoms with Crippen LogP contribution in [0.4, 0.5) is 4.79 Å². The van der Waals surface area contributed by atoms with Crippen molar-refractivity contribution in [3.8, 4) is 0 Å². The number of carbonyl (C=O) groups excluding carboxylic acids is 2. The van der Waals surface area contributed by atoms with Crippen LogP contribution in [0.15, 0.2) is 30.3 Å². The van der Waals surface area contributed by atoms with Gasteiger partial charge in [0.25, 0.3) is 0 Å². The van der Waals surface area contributed by atoms with E-state index in [0.29, 0.717) is 19.5 Å². The highest BCUT2D eigenvalue weighted by atomic mass is 16.2. The topological polar surface area (TPSA) is 75.4 Å². The number of hydrogen-bond donors (Lipinski definition) is 2. The summed E-state index contributed by atoms with van der Waals surface area (Å²) in [6, 6.07) is 9.54. The average Bonchev–Trinajstić information content (AvgIpc) is 2.86. The fourth-order valence-corrected chi connectivity index (χ4v) is 2.28. The summed E-state index contributed by atoms with van der Waals surface area (Å²) in [5, 5.41) is 2.95. The molecule has 1 fully saturated rings. The lowest BCUT2D eigenvalue weighted by molar-refractivity contribution is -0.121. The summed E-state index contributed by atoms with van der Waals surface area (Å²) in [5.74, 6) is 0.0279. The molecule has 1 atom stereocenters. The van der Waals surface area contributed by atoms with Crippen molar-refractivity contribution in [3.05, 3.63) is 35.9 Å². The normalized spacial score (nSPS) is 18.3. The van der Waals surface area contributed by atoms with Crippen LogP contribution in [0.1, 0.15) is 18.4 Å². The second-order valence-corrected chi connectivity index (χ2v) is 4.82. The van der Waals surface area contributed by atoms with Crippen molar-refractivity contribution in [1.29, 1.82) is 0 Å². The third-order valence-electron chi connectivity index (χ3n) is 3.35. The molecule has 1 aromatic rings. The van der Waals surface area contributed by atoms with Gasteiger partial charge in [0.15, 0.2) is 0 Å². The molecule has 19 heavy (non-hydrogen) atoms. The number of primary amides is 1. The largest absolute Gasteiger partial charge is 0.352 e. The van der Waals surface area contributed by atoms with E-state index in [-0.39, 0.29) is 11.9 Å². The van der Waals surface area contributed by atoms with Crippen LogP contribution in [0.2, 0.25) is 0 Å². The van der Waals surface area contributed by atoms with Gasteiger partial charge in [-0.1, -0.05) is 30.3 Å². The lowest BCUT2D eigenvalue weighted by atomic mass is 10.1. The molecule has 1 aliphatic heterocycles. The van der Waals surface area contributed by atoms with Crippen molar-refractivity contribution in [2.24, 2.45) is 5.73 Å². The van der Waals surface area contributed by atoms with E-state index in [0.717, 1.165) is 18.4 Å². The quantitative estimate of drug-likeness (QED) is 0.844. The second-order valence-electron chi connectivity index (χ2n) is 4.82. The minimum Gasteiger partial charge on any atom is -0.352 e. The Labute approximate surface area is 112 Å².